The lowest BCUT2D eigenvalue weighted by Crippen LogP contribution is -2.11. The third-order valence-electron chi connectivity index (χ3n) is 2.11. The molecule has 1 atom stereocenters. The number of aromatic nitrogens is 2. The predicted molar refractivity (Wildman–Crippen MR) is 62.2 cm³/mol. The van der Waals surface area contributed by atoms with Gasteiger partial charge in [0.05, 0.1) is 0 Å². The Balaban J connectivity index is 3.05. The van der Waals surface area contributed by atoms with Crippen LogP contribution in [0.2, 0.25) is 0 Å². The van der Waals surface area contributed by atoms with E-state index in [0.717, 1.165) is 12.5 Å². The third kappa shape index (κ3) is 4.07. The lowest BCUT2D eigenvalue weighted by molar-refractivity contribution is -0.141. The molecule has 1 unspecified atom stereocenters. The van der Waals surface area contributed by atoms with Gasteiger partial charge in [-0.2, -0.15) is 13.2 Å². The van der Waals surface area contributed by atoms with E-state index in [9.17, 15) is 13.2 Å². The van der Waals surface area contributed by atoms with E-state index in [4.69, 9.17) is 0 Å². The summed E-state index contributed by atoms with van der Waals surface area (Å²) >= 11 is 1.31. The summed E-state index contributed by atoms with van der Waals surface area (Å²) in [6.45, 7) is 3.92. The molecule has 1 rings (SSSR count). The number of rotatable bonds is 4. The van der Waals surface area contributed by atoms with Crippen molar-refractivity contribution < 1.29 is 13.2 Å². The van der Waals surface area contributed by atoms with Gasteiger partial charge in [-0.25, -0.2) is 9.97 Å². The van der Waals surface area contributed by atoms with Gasteiger partial charge in [0.15, 0.2) is 5.69 Å². The first-order valence-corrected chi connectivity index (χ1v) is 6.05. The first-order valence-electron chi connectivity index (χ1n) is 5.17. The highest BCUT2D eigenvalue weighted by molar-refractivity contribution is 7.99. The lowest BCUT2D eigenvalue weighted by Gasteiger charge is -2.12. The number of nitrogens with zero attached hydrogens (tertiary/aromatic N) is 2. The van der Waals surface area contributed by atoms with Crippen LogP contribution in [0.4, 0.5) is 19.1 Å². The number of halogens is 3. The molecule has 0 saturated heterocycles. The number of hydrogen-bond acceptors (Lipinski definition) is 4. The zero-order valence-corrected chi connectivity index (χ0v) is 10.6. The van der Waals surface area contributed by atoms with Crippen LogP contribution in [-0.2, 0) is 6.18 Å². The summed E-state index contributed by atoms with van der Waals surface area (Å²) < 4.78 is 37.7. The fourth-order valence-corrected chi connectivity index (χ4v) is 1.93. The topological polar surface area (TPSA) is 37.8 Å². The van der Waals surface area contributed by atoms with E-state index in [1.807, 2.05) is 13.8 Å². The van der Waals surface area contributed by atoms with Crippen molar-refractivity contribution in [3.05, 3.63) is 11.8 Å². The third-order valence-corrected chi connectivity index (χ3v) is 3.30. The normalized spacial score (nSPS) is 13.5. The van der Waals surface area contributed by atoms with Crippen LogP contribution in [0.5, 0.6) is 0 Å². The molecular formula is C10H14F3N3S. The molecule has 17 heavy (non-hydrogen) atoms. The van der Waals surface area contributed by atoms with Crippen molar-refractivity contribution in [2.75, 3.05) is 12.4 Å². The molecule has 0 aromatic carbocycles. The molecule has 1 heterocycles. The van der Waals surface area contributed by atoms with Gasteiger partial charge in [-0.1, -0.05) is 13.8 Å². The van der Waals surface area contributed by atoms with E-state index in [2.05, 4.69) is 15.3 Å². The molecule has 0 fully saturated rings. The van der Waals surface area contributed by atoms with Gasteiger partial charge in [0.2, 0.25) is 5.95 Å². The van der Waals surface area contributed by atoms with E-state index in [1.165, 1.54) is 18.8 Å². The molecule has 3 nitrogen and oxygen atoms in total. The molecule has 0 amide bonds. The Kier molecular flexibility index (Phi) is 4.62. The number of nitrogens with one attached hydrogen (secondary N) is 1. The van der Waals surface area contributed by atoms with Crippen LogP contribution >= 0.6 is 11.8 Å². The Morgan fingerprint density at radius 3 is 2.53 bits per heavy atom. The molecule has 0 spiro atoms. The van der Waals surface area contributed by atoms with Crippen molar-refractivity contribution in [2.24, 2.45) is 0 Å². The summed E-state index contributed by atoms with van der Waals surface area (Å²) in [5.74, 6) is -0.00868. The van der Waals surface area contributed by atoms with E-state index in [0.29, 0.717) is 5.03 Å². The Morgan fingerprint density at radius 2 is 2.06 bits per heavy atom. The average molecular weight is 265 g/mol. The Labute approximate surface area is 102 Å². The fraction of sp³-hybridized carbons (Fsp3) is 0.600. The van der Waals surface area contributed by atoms with Gasteiger partial charge in [-0.3, -0.25) is 0 Å². The maximum Gasteiger partial charge on any atom is 0.433 e. The van der Waals surface area contributed by atoms with Crippen molar-refractivity contribution in [1.29, 1.82) is 0 Å². The summed E-state index contributed by atoms with van der Waals surface area (Å²) in [6.07, 6.45) is -3.58. The van der Waals surface area contributed by atoms with Crippen LogP contribution in [0.25, 0.3) is 0 Å². The van der Waals surface area contributed by atoms with E-state index >= 15 is 0 Å². The van der Waals surface area contributed by atoms with Crippen molar-refractivity contribution in [1.82, 2.24) is 9.97 Å². The number of anilines is 1. The van der Waals surface area contributed by atoms with Gasteiger partial charge in [0.25, 0.3) is 0 Å². The lowest BCUT2D eigenvalue weighted by atomic mass is 10.4. The Hall–Kier alpha value is -0.980. The predicted octanol–water partition coefficient (Wildman–Crippen LogP) is 3.43. The monoisotopic (exact) mass is 265 g/mol. The summed E-state index contributed by atoms with van der Waals surface area (Å²) in [5.41, 5.74) is -0.914. The first-order chi connectivity index (χ1) is 7.86. The van der Waals surface area contributed by atoms with Crippen LogP contribution in [0, 0.1) is 0 Å². The smallest absolute Gasteiger partial charge is 0.357 e. The van der Waals surface area contributed by atoms with Crippen LogP contribution in [-0.4, -0.2) is 22.3 Å². The zero-order chi connectivity index (χ0) is 13.1. The number of thioether (sulfide) groups is 1. The van der Waals surface area contributed by atoms with Crippen LogP contribution in [0.15, 0.2) is 11.1 Å². The quantitative estimate of drug-likeness (QED) is 0.668. The van der Waals surface area contributed by atoms with Crippen molar-refractivity contribution in [3.63, 3.8) is 0 Å². The molecule has 1 aromatic rings. The van der Waals surface area contributed by atoms with E-state index in [-0.39, 0.29) is 11.2 Å². The standard InChI is InChI=1S/C10H14F3N3S/c1-4-6(2)17-8-5-7(10(11,12)13)15-9(14-3)16-8/h5-6H,4H2,1-3H3,(H,14,15,16). The molecule has 0 radical (unpaired) electrons. The van der Waals surface area contributed by atoms with Crippen LogP contribution < -0.4 is 5.32 Å². The molecule has 0 saturated carbocycles. The molecule has 1 N–H and O–H groups in total. The van der Waals surface area contributed by atoms with Gasteiger partial charge in [-0.15, -0.1) is 11.8 Å². The zero-order valence-electron chi connectivity index (χ0n) is 9.80. The second-order valence-corrected chi connectivity index (χ2v) is 4.96. The summed E-state index contributed by atoms with van der Waals surface area (Å²) in [7, 11) is 1.49. The number of hydrogen-bond donors (Lipinski definition) is 1. The highest BCUT2D eigenvalue weighted by Gasteiger charge is 2.33. The van der Waals surface area contributed by atoms with Crippen LogP contribution in [0.1, 0.15) is 26.0 Å². The SMILES string of the molecule is CCC(C)Sc1cc(C(F)(F)F)nc(NC)n1. The average Bonchev–Trinajstić information content (AvgIpc) is 2.27. The summed E-state index contributed by atoms with van der Waals surface area (Å²) in [6, 6.07) is 0.984. The minimum Gasteiger partial charge on any atom is -0.357 e. The van der Waals surface area contributed by atoms with Crippen molar-refractivity contribution in [2.45, 2.75) is 36.7 Å². The summed E-state index contributed by atoms with van der Waals surface area (Å²) in [5, 5.41) is 3.09. The van der Waals surface area contributed by atoms with Gasteiger partial charge in [-0.05, 0) is 6.42 Å². The fourth-order valence-electron chi connectivity index (χ4n) is 1.03. The van der Waals surface area contributed by atoms with Gasteiger partial charge in [0, 0.05) is 18.4 Å². The van der Waals surface area contributed by atoms with E-state index < -0.39 is 11.9 Å². The van der Waals surface area contributed by atoms with Gasteiger partial charge in [0.1, 0.15) is 5.03 Å². The minimum atomic E-state index is -4.45. The molecule has 7 heteroatoms. The molecule has 0 aliphatic rings. The molecule has 96 valence electrons. The van der Waals surface area contributed by atoms with Gasteiger partial charge < -0.3 is 5.32 Å². The molecular weight excluding hydrogens is 251 g/mol. The minimum absolute atomic E-state index is 0.00868. The highest BCUT2D eigenvalue weighted by Crippen LogP contribution is 2.32. The molecule has 0 bridgehead atoms. The maximum atomic E-state index is 12.6. The van der Waals surface area contributed by atoms with Gasteiger partial charge >= 0.3 is 6.18 Å². The number of alkyl halides is 3. The van der Waals surface area contributed by atoms with Crippen molar-refractivity contribution in [3.8, 4) is 0 Å². The van der Waals surface area contributed by atoms with Crippen molar-refractivity contribution >= 4 is 17.7 Å². The highest BCUT2D eigenvalue weighted by atomic mass is 32.2. The molecule has 1 aromatic heterocycles. The molecule has 0 aliphatic carbocycles. The largest absolute Gasteiger partial charge is 0.433 e. The second-order valence-electron chi connectivity index (χ2n) is 3.50. The molecule has 0 aliphatic heterocycles. The maximum absolute atomic E-state index is 12.6. The first kappa shape index (κ1) is 14.1. The summed E-state index contributed by atoms with van der Waals surface area (Å²) in [4.78, 5) is 7.39. The van der Waals surface area contributed by atoms with Crippen LogP contribution in [0.3, 0.4) is 0 Å². The Morgan fingerprint density at radius 1 is 1.41 bits per heavy atom. The second kappa shape index (κ2) is 5.57. The Bertz CT molecular complexity index is 382. The van der Waals surface area contributed by atoms with E-state index in [1.54, 1.807) is 0 Å².